The molecule has 2 amide bonds. The molecule has 1 aromatic rings. The number of amides is 2. The summed E-state index contributed by atoms with van der Waals surface area (Å²) in [4.78, 5) is 45.3. The number of carboxylic acid groups (broad SMARTS) is 1. The second kappa shape index (κ2) is 10.1. The molecule has 1 aromatic carbocycles. The number of carbonyl (C=O) groups is 3. The van der Waals surface area contributed by atoms with E-state index in [1.807, 2.05) is 18.2 Å². The van der Waals surface area contributed by atoms with E-state index in [0.717, 1.165) is 13.6 Å². The van der Waals surface area contributed by atoms with Crippen LogP contribution in [0.4, 0.5) is 9.59 Å². The van der Waals surface area contributed by atoms with Gasteiger partial charge in [0.15, 0.2) is 0 Å². The molecule has 0 saturated heterocycles. The van der Waals surface area contributed by atoms with Gasteiger partial charge in [-0.2, -0.15) is 0 Å². The molecule has 0 bridgehead atoms. The molecule has 0 saturated carbocycles. The second-order valence-corrected chi connectivity index (χ2v) is 25.7. The Morgan fingerprint density at radius 1 is 1.00 bits per heavy atom. The molecule has 0 radical (unpaired) electrons. The van der Waals surface area contributed by atoms with Crippen molar-refractivity contribution in [2.24, 2.45) is 0 Å². The summed E-state index contributed by atoms with van der Waals surface area (Å²) in [6, 6.07) is 4.22. The molecule has 0 aliphatic heterocycles. The predicted molar refractivity (Wildman–Crippen MR) is 127 cm³/mol. The van der Waals surface area contributed by atoms with Crippen molar-refractivity contribution in [3.8, 4) is 0 Å². The van der Waals surface area contributed by atoms with Crippen LogP contribution in [0, 0.1) is 0 Å². The summed E-state index contributed by atoms with van der Waals surface area (Å²) >= 11 is 0.833. The molecule has 0 aliphatic rings. The molecule has 1 atom stereocenters. The van der Waals surface area contributed by atoms with Gasteiger partial charge in [-0.3, -0.25) is 0 Å². The van der Waals surface area contributed by atoms with Gasteiger partial charge < -0.3 is 0 Å². The molecule has 0 heterocycles. The molecule has 0 spiro atoms. The van der Waals surface area contributed by atoms with E-state index in [0.29, 0.717) is 4.90 Å². The minimum absolute atomic E-state index is 0.0371. The number of hydrogen-bond acceptors (Lipinski definition) is 5. The van der Waals surface area contributed by atoms with Gasteiger partial charge in [0.25, 0.3) is 0 Å². The van der Waals surface area contributed by atoms with Crippen molar-refractivity contribution in [2.45, 2.75) is 80.0 Å². The zero-order valence-corrected chi connectivity index (χ0v) is 24.3. The van der Waals surface area contributed by atoms with Gasteiger partial charge in [-0.15, -0.1) is 0 Å². The molecule has 31 heavy (non-hydrogen) atoms. The SMILES string of the molecule is CC(C)(C)OC(=O)N(C(=O)OC(C)(C)C)C(Cc1ccc(Br)c[c]1[Sn]([CH3])([CH3])[CH3])C(=O)O. The second-order valence-electron chi connectivity index (χ2n) is 10.4. The summed E-state index contributed by atoms with van der Waals surface area (Å²) in [6.45, 7) is 9.89. The molecular weight excluding hydrogens is 573 g/mol. The summed E-state index contributed by atoms with van der Waals surface area (Å²) in [5.74, 6) is -1.31. The van der Waals surface area contributed by atoms with E-state index in [4.69, 9.17) is 9.47 Å². The van der Waals surface area contributed by atoms with Gasteiger partial charge in [0, 0.05) is 0 Å². The zero-order valence-electron chi connectivity index (χ0n) is 19.8. The fourth-order valence-corrected chi connectivity index (χ4v) is 8.80. The van der Waals surface area contributed by atoms with Crippen LogP contribution in [0.1, 0.15) is 47.1 Å². The Labute approximate surface area is 197 Å². The predicted octanol–water partition coefficient (Wildman–Crippen LogP) is 5.16. The zero-order chi connectivity index (χ0) is 24.4. The number of carbonyl (C=O) groups excluding carboxylic acids is 2. The molecule has 7 nitrogen and oxygen atoms in total. The molecule has 0 aliphatic carbocycles. The first-order valence-corrected chi connectivity index (χ1v) is 20.9. The first kappa shape index (κ1) is 27.7. The van der Waals surface area contributed by atoms with E-state index in [1.165, 1.54) is 0 Å². The van der Waals surface area contributed by atoms with Gasteiger partial charge in [-0.25, -0.2) is 0 Å². The minimum atomic E-state index is -2.65. The van der Waals surface area contributed by atoms with Crippen LogP contribution in [0.5, 0.6) is 0 Å². The number of aliphatic carboxylic acids is 1. The third kappa shape index (κ3) is 9.00. The average Bonchev–Trinajstić information content (AvgIpc) is 2.51. The fourth-order valence-electron chi connectivity index (χ4n) is 2.87. The fraction of sp³-hybridized carbons (Fsp3) is 0.591. The van der Waals surface area contributed by atoms with Crippen LogP contribution in [-0.2, 0) is 20.7 Å². The number of ether oxygens (including phenoxy) is 2. The van der Waals surface area contributed by atoms with Gasteiger partial charge in [-0.05, 0) is 0 Å². The number of carboxylic acids is 1. The molecule has 174 valence electrons. The van der Waals surface area contributed by atoms with Crippen LogP contribution in [0.25, 0.3) is 0 Å². The van der Waals surface area contributed by atoms with Crippen LogP contribution in [0.2, 0.25) is 14.8 Å². The summed E-state index contributed by atoms with van der Waals surface area (Å²) < 4.78 is 12.7. The Morgan fingerprint density at radius 2 is 1.45 bits per heavy atom. The monoisotopic (exact) mass is 607 g/mol. The number of nitrogens with zero attached hydrogens (tertiary/aromatic N) is 1. The van der Waals surface area contributed by atoms with Crippen molar-refractivity contribution in [3.05, 3.63) is 28.2 Å². The molecule has 1 unspecified atom stereocenters. The van der Waals surface area contributed by atoms with Crippen molar-refractivity contribution in [1.29, 1.82) is 0 Å². The van der Waals surface area contributed by atoms with Crippen molar-refractivity contribution in [3.63, 3.8) is 0 Å². The van der Waals surface area contributed by atoms with Crippen LogP contribution >= 0.6 is 15.9 Å². The van der Waals surface area contributed by atoms with Gasteiger partial charge in [0.05, 0.1) is 0 Å². The van der Waals surface area contributed by atoms with Crippen molar-refractivity contribution in [2.75, 3.05) is 0 Å². The number of benzene rings is 1. The summed E-state index contributed by atoms with van der Waals surface area (Å²) in [5, 5.41) is 10.00. The van der Waals surface area contributed by atoms with E-state index in [9.17, 15) is 19.5 Å². The van der Waals surface area contributed by atoms with Gasteiger partial charge in [0.1, 0.15) is 0 Å². The van der Waals surface area contributed by atoms with Crippen molar-refractivity contribution < 1.29 is 29.0 Å². The van der Waals surface area contributed by atoms with Gasteiger partial charge in [-0.1, -0.05) is 0 Å². The summed E-state index contributed by atoms with van der Waals surface area (Å²) in [7, 11) is 0. The third-order valence-corrected chi connectivity index (χ3v) is 10.5. The Kier molecular flexibility index (Phi) is 9.04. The average molecular weight is 607 g/mol. The van der Waals surface area contributed by atoms with Crippen LogP contribution in [-0.4, -0.2) is 63.8 Å². The third-order valence-electron chi connectivity index (χ3n) is 4.07. The summed E-state index contributed by atoms with van der Waals surface area (Å²) in [6.07, 6.45) is -2.14. The van der Waals surface area contributed by atoms with E-state index in [-0.39, 0.29) is 6.42 Å². The number of imide groups is 1. The number of hydrogen-bond donors (Lipinski definition) is 1. The van der Waals surface area contributed by atoms with E-state index in [1.54, 1.807) is 41.5 Å². The first-order valence-electron chi connectivity index (χ1n) is 10.1. The number of halogens is 1. The van der Waals surface area contributed by atoms with Crippen LogP contribution in [0.3, 0.4) is 0 Å². The Balaban J connectivity index is 3.49. The van der Waals surface area contributed by atoms with E-state index >= 15 is 0 Å². The Bertz CT molecular complexity index is 808. The van der Waals surface area contributed by atoms with E-state index in [2.05, 4.69) is 30.7 Å². The Hall–Kier alpha value is -1.29. The van der Waals surface area contributed by atoms with Crippen LogP contribution in [0.15, 0.2) is 22.7 Å². The molecule has 9 heteroatoms. The first-order chi connectivity index (χ1) is 13.8. The molecule has 0 fully saturated rings. The normalized spacial score (nSPS) is 13.4. The molecule has 1 rings (SSSR count). The standard InChI is InChI=1S/C19H25BrNO6.3CH3.Sn/c1-18(2,3)26-16(24)21(17(25)27-19(4,5)6)14(15(22)23)11-12-7-9-13(20)10-8-12;;;;/h7,9-10,14H,11H2,1-6H3,(H,22,23);3*1H3;. The van der Waals surface area contributed by atoms with E-state index < -0.39 is 53.8 Å². The van der Waals surface area contributed by atoms with Gasteiger partial charge >= 0.3 is 198 Å². The molecule has 1 N–H and O–H groups in total. The van der Waals surface area contributed by atoms with Crippen LogP contribution < -0.4 is 3.58 Å². The molecule has 0 aromatic heterocycles. The topological polar surface area (TPSA) is 93.1 Å². The molecular formula is C22H34BrNO6Sn. The Morgan fingerprint density at radius 3 is 1.81 bits per heavy atom. The van der Waals surface area contributed by atoms with Gasteiger partial charge in [0.2, 0.25) is 0 Å². The van der Waals surface area contributed by atoms with Crippen molar-refractivity contribution in [1.82, 2.24) is 4.90 Å². The number of rotatable bonds is 5. The quantitative estimate of drug-likeness (QED) is 0.466. The maximum atomic E-state index is 12.9. The van der Waals surface area contributed by atoms with Crippen molar-refractivity contribution >= 4 is 56.0 Å². The maximum absolute atomic E-state index is 12.9. The summed E-state index contributed by atoms with van der Waals surface area (Å²) in [5.41, 5.74) is -1.02.